The summed E-state index contributed by atoms with van der Waals surface area (Å²) < 4.78 is 0. The van der Waals surface area contributed by atoms with E-state index in [9.17, 15) is 0 Å². The summed E-state index contributed by atoms with van der Waals surface area (Å²) in [6.07, 6.45) is 5.70. The smallest absolute Gasteiger partial charge is 1.00 e. The van der Waals surface area contributed by atoms with Gasteiger partial charge in [0.2, 0.25) is 0 Å². The van der Waals surface area contributed by atoms with Gasteiger partial charge in [-0.1, -0.05) is 39.5 Å². The normalized spacial score (nSPS) is 24.5. The number of rotatable bonds is 1. The third-order valence-electron chi connectivity index (χ3n) is 2.62. The molecule has 1 saturated carbocycles. The molecule has 0 N–H and O–H groups in total. The van der Waals surface area contributed by atoms with Crippen molar-refractivity contribution in [2.45, 2.75) is 46.5 Å². The van der Waals surface area contributed by atoms with Crippen molar-refractivity contribution in [3.8, 4) is 0 Å². The Morgan fingerprint density at radius 1 is 1.33 bits per heavy atom. The van der Waals surface area contributed by atoms with Crippen LogP contribution in [0.5, 0.6) is 0 Å². The number of hydrogen-bond donors (Lipinski definition) is 0. The summed E-state index contributed by atoms with van der Waals surface area (Å²) in [5.41, 5.74) is 0. The molecule has 1 aliphatic rings. The molecule has 1 rings (SSSR count). The molecule has 0 aromatic carbocycles. The molecule has 0 heterocycles. The van der Waals surface area contributed by atoms with Crippen LogP contribution in [0, 0.1) is 17.8 Å². The van der Waals surface area contributed by atoms with Crippen LogP contribution in [0.2, 0.25) is 0 Å². The fourth-order valence-corrected chi connectivity index (χ4v) is 1.85. The van der Waals surface area contributed by atoms with Gasteiger partial charge >= 0.3 is 23.1 Å². The van der Waals surface area contributed by atoms with Gasteiger partial charge in [0.25, 0.3) is 0 Å². The van der Waals surface area contributed by atoms with Crippen molar-refractivity contribution in [2.24, 2.45) is 11.8 Å². The van der Waals surface area contributed by atoms with Crippen molar-refractivity contribution >= 4 is 23.1 Å². The second kappa shape index (κ2) is 7.46. The zero-order chi connectivity index (χ0) is 7.56. The molecule has 2 heteroatoms. The molecule has 1 atom stereocenters. The van der Waals surface area contributed by atoms with Crippen LogP contribution in [0.1, 0.15) is 46.5 Å². The van der Waals surface area contributed by atoms with Gasteiger partial charge in [0.05, 0.1) is 0 Å². The average molecular weight is 199 g/mol. The molecule has 0 nitrogen and oxygen atoms in total. The Morgan fingerprint density at radius 2 is 1.92 bits per heavy atom. The summed E-state index contributed by atoms with van der Waals surface area (Å²) in [4.78, 5) is 0. The molecule has 1 unspecified atom stereocenters. The molecule has 0 aromatic heterocycles. The van der Waals surface area contributed by atoms with Crippen LogP contribution in [0.4, 0.5) is 0 Å². The maximum Gasteiger partial charge on any atom is 2.00 e. The molecular formula is C10H19ClMg. The Hall–Kier alpha value is 1.06. The Labute approximate surface area is 99.4 Å². The monoisotopic (exact) mass is 198 g/mol. The van der Waals surface area contributed by atoms with Gasteiger partial charge in [-0.15, -0.1) is 0 Å². The van der Waals surface area contributed by atoms with Gasteiger partial charge in [-0.2, -0.15) is 18.8 Å². The minimum atomic E-state index is 0. The Morgan fingerprint density at radius 3 is 2.25 bits per heavy atom. The first-order chi connectivity index (χ1) is 4.70. The molecule has 0 saturated heterocycles. The molecular weight excluding hydrogens is 180 g/mol. The molecule has 1 fully saturated rings. The van der Waals surface area contributed by atoms with E-state index < -0.39 is 0 Å². The largest absolute Gasteiger partial charge is 2.00 e. The molecule has 0 spiro atoms. The van der Waals surface area contributed by atoms with E-state index in [4.69, 9.17) is 0 Å². The van der Waals surface area contributed by atoms with E-state index >= 15 is 0 Å². The molecule has 68 valence electrons. The molecule has 0 bridgehead atoms. The van der Waals surface area contributed by atoms with E-state index in [2.05, 4.69) is 20.8 Å². The summed E-state index contributed by atoms with van der Waals surface area (Å²) >= 11 is 0. The second-order valence-electron chi connectivity index (χ2n) is 4.01. The van der Waals surface area contributed by atoms with Gasteiger partial charge in [0.15, 0.2) is 0 Å². The maximum atomic E-state index is 2.38. The van der Waals surface area contributed by atoms with Crippen LogP contribution in [0.3, 0.4) is 0 Å². The summed E-state index contributed by atoms with van der Waals surface area (Å²) in [5, 5.41) is 0. The minimum Gasteiger partial charge on any atom is -1.00 e. The van der Waals surface area contributed by atoms with E-state index in [0.717, 1.165) is 11.8 Å². The maximum absolute atomic E-state index is 2.38. The van der Waals surface area contributed by atoms with E-state index in [1.807, 2.05) is 0 Å². The van der Waals surface area contributed by atoms with Crippen LogP contribution >= 0.6 is 0 Å². The van der Waals surface area contributed by atoms with Crippen molar-refractivity contribution in [3.63, 3.8) is 0 Å². The fourth-order valence-electron chi connectivity index (χ4n) is 1.85. The SMILES string of the molecule is CC1CCC[C-](C(C)C)C1.[Cl-].[Mg+2]. The third kappa shape index (κ3) is 4.93. The predicted molar refractivity (Wildman–Crippen MR) is 51.5 cm³/mol. The zero-order valence-electron chi connectivity index (χ0n) is 8.57. The summed E-state index contributed by atoms with van der Waals surface area (Å²) in [6, 6.07) is 0. The Bertz CT molecular complexity index is 104. The van der Waals surface area contributed by atoms with Crippen molar-refractivity contribution in [1.82, 2.24) is 0 Å². The number of hydrogen-bond acceptors (Lipinski definition) is 0. The molecule has 1 aliphatic carbocycles. The van der Waals surface area contributed by atoms with Gasteiger partial charge < -0.3 is 18.3 Å². The molecule has 12 heavy (non-hydrogen) atoms. The fraction of sp³-hybridized carbons (Fsp3) is 0.900. The first kappa shape index (κ1) is 15.5. The van der Waals surface area contributed by atoms with E-state index in [1.165, 1.54) is 25.7 Å². The zero-order valence-corrected chi connectivity index (χ0v) is 10.7. The number of halogens is 1. The second-order valence-corrected chi connectivity index (χ2v) is 4.01. The first-order valence-corrected chi connectivity index (χ1v) is 4.54. The van der Waals surface area contributed by atoms with Crippen molar-refractivity contribution < 1.29 is 12.4 Å². The van der Waals surface area contributed by atoms with Crippen molar-refractivity contribution in [1.29, 1.82) is 0 Å². The van der Waals surface area contributed by atoms with Crippen LogP contribution in [-0.4, -0.2) is 23.1 Å². The topological polar surface area (TPSA) is 0 Å². The summed E-state index contributed by atoms with van der Waals surface area (Å²) in [5.74, 6) is 3.60. The van der Waals surface area contributed by atoms with Crippen molar-refractivity contribution in [3.05, 3.63) is 5.92 Å². The van der Waals surface area contributed by atoms with E-state index in [0.29, 0.717) is 0 Å². The summed E-state index contributed by atoms with van der Waals surface area (Å²) in [7, 11) is 0. The standard InChI is InChI=1S/C10H19.ClH.Mg/c1-8(2)10-6-4-5-9(3)7-10;;/h8-9H,4-7H2,1-3H3;1H;/q-1;;+2/p-1. The van der Waals surface area contributed by atoms with Gasteiger partial charge in [0.1, 0.15) is 0 Å². The minimum absolute atomic E-state index is 0. The Balaban J connectivity index is 0. The first-order valence-electron chi connectivity index (χ1n) is 4.54. The van der Waals surface area contributed by atoms with Crippen molar-refractivity contribution in [2.75, 3.05) is 0 Å². The third-order valence-corrected chi connectivity index (χ3v) is 2.62. The summed E-state index contributed by atoms with van der Waals surface area (Å²) in [6.45, 7) is 7.03. The van der Waals surface area contributed by atoms with E-state index in [-0.39, 0.29) is 35.5 Å². The van der Waals surface area contributed by atoms with Crippen LogP contribution in [0.15, 0.2) is 0 Å². The predicted octanol–water partition coefficient (Wildman–Crippen LogP) is 0.0502. The van der Waals surface area contributed by atoms with E-state index in [1.54, 1.807) is 5.92 Å². The Kier molecular flexibility index (Phi) is 9.65. The average Bonchev–Trinajstić information content (AvgIpc) is 1.88. The van der Waals surface area contributed by atoms with Crippen LogP contribution in [0.25, 0.3) is 0 Å². The molecule has 0 aliphatic heterocycles. The van der Waals surface area contributed by atoms with Gasteiger partial charge in [-0.3, -0.25) is 0 Å². The molecule has 0 radical (unpaired) electrons. The van der Waals surface area contributed by atoms with Gasteiger partial charge in [-0.05, 0) is 0 Å². The quantitative estimate of drug-likeness (QED) is 0.413. The van der Waals surface area contributed by atoms with Crippen LogP contribution in [-0.2, 0) is 0 Å². The molecule has 0 aromatic rings. The van der Waals surface area contributed by atoms with Crippen LogP contribution < -0.4 is 12.4 Å². The molecule has 0 amide bonds. The van der Waals surface area contributed by atoms with Gasteiger partial charge in [0, 0.05) is 0 Å². The van der Waals surface area contributed by atoms with Gasteiger partial charge in [-0.25, -0.2) is 0 Å².